The number of nitrogens with zero attached hydrogens (tertiary/aromatic N) is 8. The molecule has 3 aliphatic heterocycles. The molecule has 1 aliphatic carbocycles. The second-order valence-electron chi connectivity index (χ2n) is 13.5. The van der Waals surface area contributed by atoms with E-state index in [1.165, 1.54) is 11.0 Å². The molecule has 48 heavy (non-hydrogen) atoms. The lowest BCUT2D eigenvalue weighted by Crippen LogP contribution is -2.56. The van der Waals surface area contributed by atoms with E-state index in [1.807, 2.05) is 7.05 Å². The van der Waals surface area contributed by atoms with Crippen LogP contribution in [0.5, 0.6) is 0 Å². The molecule has 0 atom stereocenters. The summed E-state index contributed by atoms with van der Waals surface area (Å²) in [5, 5.41) is 21.1. The number of likely N-dealkylation sites (tertiary alicyclic amines) is 1. The van der Waals surface area contributed by atoms with Crippen molar-refractivity contribution in [1.82, 2.24) is 29.6 Å². The van der Waals surface area contributed by atoms with Crippen LogP contribution in [0.2, 0.25) is 0 Å². The zero-order valence-electron chi connectivity index (χ0n) is 26.2. The fraction of sp³-hybridized carbons (Fsp3) is 0.412. The molecule has 1 aromatic carbocycles. The molecule has 11 nitrogen and oxygen atoms in total. The molecule has 0 unspecified atom stereocenters. The average molecular weight is 656 g/mol. The third-order valence-electron chi connectivity index (χ3n) is 9.95. The van der Waals surface area contributed by atoms with Gasteiger partial charge in [-0.15, -0.1) is 10.2 Å². The molecule has 8 rings (SSSR count). The zero-order chi connectivity index (χ0) is 33.3. The first-order valence-electron chi connectivity index (χ1n) is 15.9. The Morgan fingerprint density at radius 3 is 2.62 bits per heavy atom. The molecule has 2 saturated heterocycles. The molecule has 3 aromatic heterocycles. The number of carbonyl (C=O) groups is 1. The van der Waals surface area contributed by atoms with Crippen LogP contribution < -0.4 is 10.2 Å². The smallest absolute Gasteiger partial charge is 0.381 e. The van der Waals surface area contributed by atoms with Gasteiger partial charge in [0, 0.05) is 67.8 Å². The van der Waals surface area contributed by atoms with E-state index in [0.29, 0.717) is 48.1 Å². The van der Waals surface area contributed by atoms with E-state index in [2.05, 4.69) is 31.5 Å². The first kappa shape index (κ1) is 30.5. The Kier molecular flexibility index (Phi) is 7.04. The predicted molar refractivity (Wildman–Crippen MR) is 168 cm³/mol. The minimum absolute atomic E-state index is 0.0327. The lowest BCUT2D eigenvalue weighted by atomic mass is 9.79. The minimum atomic E-state index is -4.65. The first-order valence-corrected chi connectivity index (χ1v) is 15.9. The van der Waals surface area contributed by atoms with E-state index in [4.69, 9.17) is 9.72 Å². The van der Waals surface area contributed by atoms with Gasteiger partial charge in [-0.25, -0.2) is 4.98 Å². The van der Waals surface area contributed by atoms with Crippen molar-refractivity contribution >= 4 is 17.5 Å². The van der Waals surface area contributed by atoms with Gasteiger partial charge in [-0.2, -0.15) is 18.4 Å². The van der Waals surface area contributed by atoms with Crippen LogP contribution in [-0.4, -0.2) is 67.4 Å². The van der Waals surface area contributed by atoms with Gasteiger partial charge in [0.1, 0.15) is 18.0 Å². The number of alkyl halides is 3. The fourth-order valence-corrected chi connectivity index (χ4v) is 7.31. The molecule has 4 aliphatic rings. The molecule has 1 spiro atoms. The SMILES string of the molecule is Cn1cnnc1-c1ccncc1-c1cc(NC2(CC#N)CC2)nc(N2Cc3c(cc(CN4CC5(CCOC5)C4)cc3C(F)(F)F)C2=O)c1. The number of rotatable bonds is 8. The Hall–Kier alpha value is -4.87. The van der Waals surface area contributed by atoms with Crippen LogP contribution in [0.15, 0.2) is 49.1 Å². The molecule has 6 heterocycles. The maximum atomic E-state index is 14.5. The number of anilines is 2. The normalized spacial score (nSPS) is 19.3. The fourth-order valence-electron chi connectivity index (χ4n) is 7.31. The van der Waals surface area contributed by atoms with Crippen molar-refractivity contribution in [2.45, 2.75) is 50.5 Å². The number of fused-ring (bicyclic) bond motifs is 1. The molecule has 1 saturated carbocycles. The van der Waals surface area contributed by atoms with Crippen molar-refractivity contribution < 1.29 is 22.7 Å². The van der Waals surface area contributed by atoms with Crippen molar-refractivity contribution in [3.8, 4) is 28.6 Å². The highest BCUT2D eigenvalue weighted by molar-refractivity contribution is 6.10. The number of nitriles is 1. The minimum Gasteiger partial charge on any atom is -0.381 e. The zero-order valence-corrected chi connectivity index (χ0v) is 26.2. The Morgan fingerprint density at radius 2 is 1.94 bits per heavy atom. The van der Waals surface area contributed by atoms with Crippen LogP contribution in [-0.2, 0) is 31.1 Å². The summed E-state index contributed by atoms with van der Waals surface area (Å²) in [5.74, 6) is 0.641. The highest BCUT2D eigenvalue weighted by atomic mass is 19.4. The van der Waals surface area contributed by atoms with Crippen molar-refractivity contribution in [3.05, 3.63) is 71.3 Å². The van der Waals surface area contributed by atoms with Gasteiger partial charge in [0.25, 0.3) is 5.91 Å². The number of benzene rings is 1. The second kappa shape index (κ2) is 11.1. The van der Waals surface area contributed by atoms with Gasteiger partial charge in [-0.05, 0) is 66.3 Å². The molecule has 246 valence electrons. The lowest BCUT2D eigenvalue weighted by Gasteiger charge is -2.47. The number of carbonyl (C=O) groups excluding carboxylic acids is 1. The number of halogens is 3. The number of nitrogens with one attached hydrogen (secondary N) is 1. The van der Waals surface area contributed by atoms with Crippen LogP contribution >= 0.6 is 0 Å². The number of aromatic nitrogens is 5. The topological polar surface area (TPSA) is 125 Å². The Labute approximate surface area is 274 Å². The average Bonchev–Trinajstić information content (AvgIpc) is 3.35. The summed E-state index contributed by atoms with van der Waals surface area (Å²) in [5.41, 5.74) is 1.28. The number of ether oxygens (including phenoxy) is 1. The van der Waals surface area contributed by atoms with Crippen molar-refractivity contribution in [3.63, 3.8) is 0 Å². The Morgan fingerprint density at radius 1 is 1.10 bits per heavy atom. The number of aryl methyl sites for hydroxylation is 1. The van der Waals surface area contributed by atoms with Crippen molar-refractivity contribution in [2.24, 2.45) is 12.5 Å². The molecule has 4 aromatic rings. The molecule has 14 heteroatoms. The third-order valence-corrected chi connectivity index (χ3v) is 9.95. The summed E-state index contributed by atoms with van der Waals surface area (Å²) >= 11 is 0. The second-order valence-corrected chi connectivity index (χ2v) is 13.5. The van der Waals surface area contributed by atoms with Gasteiger partial charge in [0.2, 0.25) is 0 Å². The Balaban J connectivity index is 1.17. The summed E-state index contributed by atoms with van der Waals surface area (Å²) in [6.45, 7) is 2.94. The molecule has 1 amide bonds. The van der Waals surface area contributed by atoms with Crippen molar-refractivity contribution in [2.75, 3.05) is 36.5 Å². The molecular formula is C34H32F3N9O2. The quantitative estimate of drug-likeness (QED) is 0.273. The van der Waals surface area contributed by atoms with Gasteiger partial charge in [-0.3, -0.25) is 19.6 Å². The van der Waals surface area contributed by atoms with Crippen molar-refractivity contribution in [1.29, 1.82) is 5.26 Å². The molecule has 1 N–H and O–H groups in total. The van der Waals surface area contributed by atoms with Crippen LogP contribution in [0.25, 0.3) is 22.5 Å². The maximum absolute atomic E-state index is 14.5. The standard InChI is InChI=1S/C34H32F3N9O2/c1-44-20-40-43-30(44)23-2-8-39-14-25(23)22-12-28(42-33(3-4-33)5-7-38)41-29(13-22)46-16-26-24(31(46)47)10-21(11-27(26)34(35,36)37)15-45-17-32(18-45)6-9-48-19-32/h2,8,10-14,20H,3-6,9,15-19H2,1H3,(H,41,42). The summed E-state index contributed by atoms with van der Waals surface area (Å²) in [6, 6.07) is 10.3. The van der Waals surface area contributed by atoms with E-state index in [1.54, 1.807) is 47.6 Å². The van der Waals surface area contributed by atoms with Crippen LogP contribution in [0, 0.1) is 16.7 Å². The maximum Gasteiger partial charge on any atom is 0.416 e. The molecule has 0 radical (unpaired) electrons. The summed E-state index contributed by atoms with van der Waals surface area (Å²) < 4.78 is 51.0. The number of pyridine rings is 2. The van der Waals surface area contributed by atoms with E-state index >= 15 is 0 Å². The van der Waals surface area contributed by atoms with Crippen LogP contribution in [0.3, 0.4) is 0 Å². The van der Waals surface area contributed by atoms with Gasteiger partial charge in [-0.1, -0.05) is 0 Å². The number of hydrogen-bond acceptors (Lipinski definition) is 9. The summed E-state index contributed by atoms with van der Waals surface area (Å²) in [4.78, 5) is 26.5. The predicted octanol–water partition coefficient (Wildman–Crippen LogP) is 5.20. The summed E-state index contributed by atoms with van der Waals surface area (Å²) in [6.07, 6.45) is 3.01. The highest BCUT2D eigenvalue weighted by Gasteiger charge is 2.47. The molecule has 0 bridgehead atoms. The van der Waals surface area contributed by atoms with Gasteiger partial charge >= 0.3 is 6.18 Å². The largest absolute Gasteiger partial charge is 0.416 e. The van der Waals surface area contributed by atoms with Gasteiger partial charge in [0.15, 0.2) is 5.82 Å². The lowest BCUT2D eigenvalue weighted by molar-refractivity contribution is -0.138. The Bertz CT molecular complexity index is 1970. The molecule has 3 fully saturated rings. The number of hydrogen-bond donors (Lipinski definition) is 1. The third kappa shape index (κ3) is 5.36. The van der Waals surface area contributed by atoms with E-state index in [-0.39, 0.29) is 35.3 Å². The molecular weight excluding hydrogens is 623 g/mol. The highest BCUT2D eigenvalue weighted by Crippen LogP contribution is 2.45. The van der Waals surface area contributed by atoms with Crippen LogP contribution in [0.1, 0.15) is 52.7 Å². The van der Waals surface area contributed by atoms with E-state index in [0.717, 1.165) is 37.9 Å². The summed E-state index contributed by atoms with van der Waals surface area (Å²) in [7, 11) is 1.82. The van der Waals surface area contributed by atoms with Gasteiger partial charge < -0.3 is 14.6 Å². The van der Waals surface area contributed by atoms with Gasteiger partial charge in [0.05, 0.1) is 36.7 Å². The number of amides is 1. The first-order chi connectivity index (χ1) is 23.1. The monoisotopic (exact) mass is 655 g/mol. The van der Waals surface area contributed by atoms with Crippen LogP contribution in [0.4, 0.5) is 24.8 Å². The van der Waals surface area contributed by atoms with E-state index in [9.17, 15) is 23.2 Å². The van der Waals surface area contributed by atoms with E-state index < -0.39 is 23.2 Å².